The normalized spacial score (nSPS) is 11.0. The summed E-state index contributed by atoms with van der Waals surface area (Å²) >= 11 is 1.16. The van der Waals surface area contributed by atoms with Crippen molar-refractivity contribution in [1.82, 2.24) is 14.9 Å². The van der Waals surface area contributed by atoms with Gasteiger partial charge >= 0.3 is 5.97 Å². The smallest absolute Gasteiger partial charge is 0.348 e. The SMILES string of the molecule is CCN(CCO)Cc1nc(-c2ccccn2)c(C(=O)O)s1. The van der Waals surface area contributed by atoms with Gasteiger partial charge in [-0.15, -0.1) is 11.3 Å². The first-order valence-corrected chi connectivity index (χ1v) is 7.45. The molecule has 112 valence electrons. The summed E-state index contributed by atoms with van der Waals surface area (Å²) in [5.74, 6) is -0.996. The fourth-order valence-electron chi connectivity index (χ4n) is 1.94. The van der Waals surface area contributed by atoms with E-state index in [1.165, 1.54) is 0 Å². The molecule has 0 fully saturated rings. The standard InChI is InChI=1S/C14H17N3O3S/c1-2-17(7-8-18)9-11-16-12(13(21-11)14(19)20)10-5-3-4-6-15-10/h3-6,18H,2,7-9H2,1H3,(H,19,20). The van der Waals surface area contributed by atoms with Crippen LogP contribution in [-0.2, 0) is 6.54 Å². The van der Waals surface area contributed by atoms with Gasteiger partial charge in [0.15, 0.2) is 0 Å². The second-order valence-electron chi connectivity index (χ2n) is 4.40. The number of carboxylic acids is 1. The predicted octanol–water partition coefficient (Wildman–Crippen LogP) is 1.72. The maximum atomic E-state index is 11.4. The number of nitrogens with zero attached hydrogens (tertiary/aromatic N) is 3. The van der Waals surface area contributed by atoms with Gasteiger partial charge in [-0.1, -0.05) is 13.0 Å². The quantitative estimate of drug-likeness (QED) is 0.810. The van der Waals surface area contributed by atoms with Crippen molar-refractivity contribution in [2.75, 3.05) is 19.7 Å². The minimum atomic E-state index is -0.996. The number of carboxylic acid groups (broad SMARTS) is 1. The fourth-order valence-corrected chi connectivity index (χ4v) is 2.89. The molecule has 0 atom stereocenters. The Morgan fingerprint density at radius 2 is 2.24 bits per heavy atom. The Bertz CT molecular complexity index is 601. The van der Waals surface area contributed by atoms with E-state index in [1.54, 1.807) is 24.4 Å². The Balaban J connectivity index is 2.31. The first-order chi connectivity index (χ1) is 10.2. The molecule has 0 amide bonds. The molecule has 0 saturated heterocycles. The van der Waals surface area contributed by atoms with E-state index in [9.17, 15) is 9.90 Å². The van der Waals surface area contributed by atoms with Gasteiger partial charge in [0, 0.05) is 12.7 Å². The number of aromatic carboxylic acids is 1. The molecule has 2 aromatic heterocycles. The van der Waals surface area contributed by atoms with Crippen molar-refractivity contribution in [3.8, 4) is 11.4 Å². The van der Waals surface area contributed by atoms with Crippen molar-refractivity contribution in [2.45, 2.75) is 13.5 Å². The van der Waals surface area contributed by atoms with E-state index in [4.69, 9.17) is 5.11 Å². The van der Waals surface area contributed by atoms with E-state index in [2.05, 4.69) is 9.97 Å². The molecular formula is C14H17N3O3S. The Morgan fingerprint density at radius 3 is 2.81 bits per heavy atom. The van der Waals surface area contributed by atoms with Crippen molar-refractivity contribution >= 4 is 17.3 Å². The average Bonchev–Trinajstić information content (AvgIpc) is 2.92. The van der Waals surface area contributed by atoms with Gasteiger partial charge in [0.1, 0.15) is 15.6 Å². The molecule has 2 N–H and O–H groups in total. The van der Waals surface area contributed by atoms with E-state index in [-0.39, 0.29) is 11.5 Å². The van der Waals surface area contributed by atoms with Crippen LogP contribution in [-0.4, -0.2) is 50.7 Å². The molecule has 2 aromatic rings. The highest BCUT2D eigenvalue weighted by atomic mass is 32.1. The van der Waals surface area contributed by atoms with Crippen LogP contribution in [0.25, 0.3) is 11.4 Å². The summed E-state index contributed by atoms with van der Waals surface area (Å²) in [6.45, 7) is 3.88. The van der Waals surface area contributed by atoms with Crippen LogP contribution in [0, 0.1) is 0 Å². The highest BCUT2D eigenvalue weighted by molar-refractivity contribution is 7.14. The lowest BCUT2D eigenvalue weighted by molar-refractivity contribution is 0.0702. The first-order valence-electron chi connectivity index (χ1n) is 6.63. The maximum Gasteiger partial charge on any atom is 0.348 e. The molecule has 0 aliphatic rings. The van der Waals surface area contributed by atoms with Crippen molar-refractivity contribution < 1.29 is 15.0 Å². The second kappa shape index (κ2) is 7.26. The molecule has 6 nitrogen and oxygen atoms in total. The zero-order valence-corrected chi connectivity index (χ0v) is 12.5. The lowest BCUT2D eigenvalue weighted by Gasteiger charge is -2.16. The third-order valence-electron chi connectivity index (χ3n) is 3.00. The molecule has 21 heavy (non-hydrogen) atoms. The third kappa shape index (κ3) is 3.84. The van der Waals surface area contributed by atoms with E-state index >= 15 is 0 Å². The number of thiazole rings is 1. The molecule has 7 heteroatoms. The van der Waals surface area contributed by atoms with Gasteiger partial charge < -0.3 is 10.2 Å². The second-order valence-corrected chi connectivity index (χ2v) is 5.48. The van der Waals surface area contributed by atoms with E-state index in [0.717, 1.165) is 17.9 Å². The number of likely N-dealkylation sites (N-methyl/N-ethyl adjacent to an activating group) is 1. The van der Waals surface area contributed by atoms with Gasteiger partial charge in [0.05, 0.1) is 18.8 Å². The van der Waals surface area contributed by atoms with Gasteiger partial charge in [-0.05, 0) is 18.7 Å². The third-order valence-corrected chi connectivity index (χ3v) is 4.02. The van der Waals surface area contributed by atoms with Gasteiger partial charge in [-0.25, -0.2) is 9.78 Å². The lowest BCUT2D eigenvalue weighted by Crippen LogP contribution is -2.25. The van der Waals surface area contributed by atoms with Crippen LogP contribution in [0.3, 0.4) is 0 Å². The molecule has 2 rings (SSSR count). The van der Waals surface area contributed by atoms with Crippen LogP contribution in [0.5, 0.6) is 0 Å². The van der Waals surface area contributed by atoms with E-state index < -0.39 is 5.97 Å². The Kier molecular flexibility index (Phi) is 5.38. The molecule has 0 aliphatic carbocycles. The number of aromatic nitrogens is 2. The van der Waals surface area contributed by atoms with Crippen LogP contribution in [0.1, 0.15) is 21.6 Å². The van der Waals surface area contributed by atoms with Crippen LogP contribution in [0.4, 0.5) is 0 Å². The molecule has 0 bridgehead atoms. The Labute approximate surface area is 126 Å². The van der Waals surface area contributed by atoms with Crippen molar-refractivity contribution in [2.24, 2.45) is 0 Å². The van der Waals surface area contributed by atoms with Crippen molar-refractivity contribution in [3.05, 3.63) is 34.3 Å². The highest BCUT2D eigenvalue weighted by Crippen LogP contribution is 2.27. The van der Waals surface area contributed by atoms with Crippen LogP contribution in [0.15, 0.2) is 24.4 Å². The van der Waals surface area contributed by atoms with Gasteiger partial charge in [-0.3, -0.25) is 9.88 Å². The summed E-state index contributed by atoms with van der Waals surface area (Å²) in [5.41, 5.74) is 0.964. The summed E-state index contributed by atoms with van der Waals surface area (Å²) < 4.78 is 0. The minimum Gasteiger partial charge on any atom is -0.477 e. The largest absolute Gasteiger partial charge is 0.477 e. The summed E-state index contributed by atoms with van der Waals surface area (Å²) in [6.07, 6.45) is 1.62. The molecule has 0 radical (unpaired) electrons. The molecule has 0 unspecified atom stereocenters. The van der Waals surface area contributed by atoms with E-state index in [0.29, 0.717) is 29.5 Å². The summed E-state index contributed by atoms with van der Waals surface area (Å²) in [4.78, 5) is 22.2. The number of carbonyl (C=O) groups is 1. The molecule has 0 saturated carbocycles. The predicted molar refractivity (Wildman–Crippen MR) is 80.3 cm³/mol. The summed E-state index contributed by atoms with van der Waals surface area (Å²) in [5, 5.41) is 19.0. The zero-order valence-electron chi connectivity index (χ0n) is 11.7. The van der Waals surface area contributed by atoms with Crippen LogP contribution in [0.2, 0.25) is 0 Å². The highest BCUT2D eigenvalue weighted by Gasteiger charge is 2.20. The number of hydrogen-bond acceptors (Lipinski definition) is 6. The molecular weight excluding hydrogens is 290 g/mol. The Morgan fingerprint density at radius 1 is 1.43 bits per heavy atom. The first kappa shape index (κ1) is 15.6. The molecule has 0 aliphatic heterocycles. The number of hydrogen-bond donors (Lipinski definition) is 2. The van der Waals surface area contributed by atoms with Crippen LogP contribution < -0.4 is 0 Å². The monoisotopic (exact) mass is 307 g/mol. The molecule has 0 spiro atoms. The summed E-state index contributed by atoms with van der Waals surface area (Å²) in [6, 6.07) is 5.32. The number of aliphatic hydroxyl groups is 1. The Hall–Kier alpha value is -1.83. The molecule has 0 aromatic carbocycles. The van der Waals surface area contributed by atoms with Crippen LogP contribution >= 0.6 is 11.3 Å². The molecule has 2 heterocycles. The number of rotatable bonds is 7. The fraction of sp³-hybridized carbons (Fsp3) is 0.357. The maximum absolute atomic E-state index is 11.4. The van der Waals surface area contributed by atoms with Crippen molar-refractivity contribution in [3.63, 3.8) is 0 Å². The van der Waals surface area contributed by atoms with Crippen molar-refractivity contribution in [1.29, 1.82) is 0 Å². The van der Waals surface area contributed by atoms with Gasteiger partial charge in [0.25, 0.3) is 0 Å². The topological polar surface area (TPSA) is 86.5 Å². The van der Waals surface area contributed by atoms with Gasteiger partial charge in [-0.2, -0.15) is 0 Å². The lowest BCUT2D eigenvalue weighted by atomic mass is 10.2. The summed E-state index contributed by atoms with van der Waals surface area (Å²) in [7, 11) is 0. The number of aliphatic hydroxyl groups excluding tert-OH is 1. The zero-order chi connectivity index (χ0) is 15.2. The number of pyridine rings is 1. The van der Waals surface area contributed by atoms with Gasteiger partial charge in [0.2, 0.25) is 0 Å². The average molecular weight is 307 g/mol. The van der Waals surface area contributed by atoms with E-state index in [1.807, 2.05) is 11.8 Å². The minimum absolute atomic E-state index is 0.0676.